The molecule has 0 unspecified atom stereocenters. The fourth-order valence-electron chi connectivity index (χ4n) is 3.67. The van der Waals surface area contributed by atoms with Crippen molar-refractivity contribution < 1.29 is 19.1 Å². The van der Waals surface area contributed by atoms with Gasteiger partial charge in [0.05, 0.1) is 18.6 Å². The molecule has 0 bridgehead atoms. The van der Waals surface area contributed by atoms with Gasteiger partial charge in [-0.15, -0.1) is 6.58 Å². The first-order valence-electron chi connectivity index (χ1n) is 10.9. The Morgan fingerprint density at radius 2 is 1.65 bits per heavy atom. The summed E-state index contributed by atoms with van der Waals surface area (Å²) < 4.78 is 11.7. The van der Waals surface area contributed by atoms with E-state index in [9.17, 15) is 9.59 Å². The number of imide groups is 1. The highest BCUT2D eigenvalue weighted by molar-refractivity contribution is 8.18. The summed E-state index contributed by atoms with van der Waals surface area (Å²) in [5.41, 5.74) is 3.59. The Balaban J connectivity index is 1.60. The first kappa shape index (κ1) is 23.4. The normalized spacial score (nSPS) is 14.5. The van der Waals surface area contributed by atoms with E-state index in [1.54, 1.807) is 19.3 Å². The van der Waals surface area contributed by atoms with Crippen LogP contribution in [-0.4, -0.2) is 23.2 Å². The van der Waals surface area contributed by atoms with Gasteiger partial charge in [-0.05, 0) is 53.1 Å². The Kier molecular flexibility index (Phi) is 7.50. The average Bonchev–Trinajstić information content (AvgIpc) is 3.11. The molecule has 2 amide bonds. The van der Waals surface area contributed by atoms with Crippen LogP contribution >= 0.6 is 11.8 Å². The fourth-order valence-corrected chi connectivity index (χ4v) is 4.51. The molecule has 0 aliphatic carbocycles. The summed E-state index contributed by atoms with van der Waals surface area (Å²) in [6, 6.07) is 23.1. The van der Waals surface area contributed by atoms with Gasteiger partial charge in [-0.25, -0.2) is 0 Å². The van der Waals surface area contributed by atoms with E-state index in [4.69, 9.17) is 9.47 Å². The van der Waals surface area contributed by atoms with Crippen molar-refractivity contribution in [1.82, 2.24) is 4.90 Å². The van der Waals surface area contributed by atoms with Gasteiger partial charge in [0.25, 0.3) is 11.1 Å². The van der Waals surface area contributed by atoms with Gasteiger partial charge in [-0.3, -0.25) is 14.5 Å². The summed E-state index contributed by atoms with van der Waals surface area (Å²) in [4.78, 5) is 27.1. The van der Waals surface area contributed by atoms with Gasteiger partial charge < -0.3 is 9.47 Å². The number of amides is 2. The topological polar surface area (TPSA) is 55.8 Å². The molecule has 4 rings (SSSR count). The molecule has 1 aliphatic rings. The molecule has 172 valence electrons. The third-order valence-electron chi connectivity index (χ3n) is 5.32. The SMILES string of the molecule is C=CCc1cc(/C=C2\SC(=O)N(Cc3ccccc3)C2=O)cc(OC)c1OCc1ccccc1. The molecule has 6 heteroatoms. The maximum absolute atomic E-state index is 13.0. The summed E-state index contributed by atoms with van der Waals surface area (Å²) in [6.07, 6.45) is 4.09. The zero-order valence-electron chi connectivity index (χ0n) is 18.9. The van der Waals surface area contributed by atoms with E-state index >= 15 is 0 Å². The number of methoxy groups -OCH3 is 1. The van der Waals surface area contributed by atoms with Crippen LogP contribution in [0.15, 0.2) is 90.4 Å². The smallest absolute Gasteiger partial charge is 0.293 e. The number of allylic oxidation sites excluding steroid dienone is 1. The van der Waals surface area contributed by atoms with Gasteiger partial charge in [0, 0.05) is 5.56 Å². The highest BCUT2D eigenvalue weighted by atomic mass is 32.2. The number of ether oxygens (including phenoxy) is 2. The van der Waals surface area contributed by atoms with E-state index in [1.807, 2.05) is 72.8 Å². The van der Waals surface area contributed by atoms with E-state index in [2.05, 4.69) is 6.58 Å². The van der Waals surface area contributed by atoms with Gasteiger partial charge in [0.1, 0.15) is 6.61 Å². The maximum atomic E-state index is 13.0. The fraction of sp³-hybridized carbons (Fsp3) is 0.143. The lowest BCUT2D eigenvalue weighted by molar-refractivity contribution is -0.123. The molecule has 0 spiro atoms. The number of carbonyl (C=O) groups is 2. The van der Waals surface area contributed by atoms with Crippen molar-refractivity contribution in [2.24, 2.45) is 0 Å². The maximum Gasteiger partial charge on any atom is 0.293 e. The van der Waals surface area contributed by atoms with Crippen LogP contribution in [0.25, 0.3) is 6.08 Å². The minimum atomic E-state index is -0.299. The van der Waals surface area contributed by atoms with E-state index in [0.717, 1.165) is 34.0 Å². The Labute approximate surface area is 203 Å². The van der Waals surface area contributed by atoms with Crippen LogP contribution in [-0.2, 0) is 24.4 Å². The third kappa shape index (κ3) is 5.41. The second-order valence-corrected chi connectivity index (χ2v) is 8.73. The minimum absolute atomic E-state index is 0.250. The first-order valence-corrected chi connectivity index (χ1v) is 11.7. The highest BCUT2D eigenvalue weighted by Gasteiger charge is 2.35. The Morgan fingerprint density at radius 1 is 0.971 bits per heavy atom. The zero-order chi connectivity index (χ0) is 23.9. The van der Waals surface area contributed by atoms with Crippen molar-refractivity contribution in [3.05, 3.63) is 113 Å². The molecular formula is C28H25NO4S. The number of rotatable bonds is 9. The quantitative estimate of drug-likeness (QED) is 0.273. The first-order chi connectivity index (χ1) is 16.6. The standard InChI is InChI=1S/C28H25NO4S/c1-3-10-23-15-22(16-24(32-2)26(23)33-19-21-13-8-5-9-14-21)17-25-27(30)29(28(31)34-25)18-20-11-6-4-7-12-20/h3-9,11-17H,1,10,18-19H2,2H3/b25-17-. The van der Waals surface area contributed by atoms with Crippen molar-refractivity contribution >= 4 is 29.0 Å². The highest BCUT2D eigenvalue weighted by Crippen LogP contribution is 2.38. The molecule has 1 fully saturated rings. The predicted octanol–water partition coefficient (Wildman–Crippen LogP) is 6.24. The molecule has 0 radical (unpaired) electrons. The van der Waals surface area contributed by atoms with Crippen LogP contribution in [0, 0.1) is 0 Å². The molecule has 3 aromatic carbocycles. The number of benzene rings is 3. The third-order valence-corrected chi connectivity index (χ3v) is 6.23. The van der Waals surface area contributed by atoms with Gasteiger partial charge in [-0.2, -0.15) is 0 Å². The van der Waals surface area contributed by atoms with E-state index < -0.39 is 0 Å². The lowest BCUT2D eigenvalue weighted by Crippen LogP contribution is -2.27. The van der Waals surface area contributed by atoms with E-state index in [0.29, 0.717) is 29.4 Å². The monoisotopic (exact) mass is 471 g/mol. The summed E-state index contributed by atoms with van der Waals surface area (Å²) >= 11 is 0.947. The number of hydrogen-bond donors (Lipinski definition) is 0. The van der Waals surface area contributed by atoms with Gasteiger partial charge in [-0.1, -0.05) is 66.7 Å². The molecule has 1 saturated heterocycles. The minimum Gasteiger partial charge on any atom is -0.493 e. The number of nitrogens with zero attached hydrogens (tertiary/aromatic N) is 1. The van der Waals surface area contributed by atoms with Crippen LogP contribution in [0.5, 0.6) is 11.5 Å². The number of carbonyl (C=O) groups excluding carboxylic acids is 2. The average molecular weight is 472 g/mol. The van der Waals surface area contributed by atoms with Gasteiger partial charge >= 0.3 is 0 Å². The lowest BCUT2D eigenvalue weighted by atomic mass is 10.0. The molecule has 0 N–H and O–H groups in total. The van der Waals surface area contributed by atoms with Crippen molar-refractivity contribution in [1.29, 1.82) is 0 Å². The number of thioether (sulfide) groups is 1. The summed E-state index contributed by atoms with van der Waals surface area (Å²) in [5, 5.41) is -0.277. The van der Waals surface area contributed by atoms with E-state index in [1.165, 1.54) is 4.90 Å². The molecule has 1 aliphatic heterocycles. The lowest BCUT2D eigenvalue weighted by Gasteiger charge is -2.16. The van der Waals surface area contributed by atoms with Gasteiger partial charge in [0.15, 0.2) is 11.5 Å². The predicted molar refractivity (Wildman–Crippen MR) is 136 cm³/mol. The Bertz CT molecular complexity index is 1220. The molecular weight excluding hydrogens is 446 g/mol. The summed E-state index contributed by atoms with van der Waals surface area (Å²) in [7, 11) is 1.58. The van der Waals surface area contributed by atoms with Crippen molar-refractivity contribution in [2.75, 3.05) is 7.11 Å². The van der Waals surface area contributed by atoms with Crippen LogP contribution < -0.4 is 9.47 Å². The van der Waals surface area contributed by atoms with Gasteiger partial charge in [0.2, 0.25) is 0 Å². The van der Waals surface area contributed by atoms with Crippen molar-refractivity contribution in [3.8, 4) is 11.5 Å². The van der Waals surface area contributed by atoms with Crippen molar-refractivity contribution in [3.63, 3.8) is 0 Å². The molecule has 34 heavy (non-hydrogen) atoms. The van der Waals surface area contributed by atoms with Crippen LogP contribution in [0.2, 0.25) is 0 Å². The number of hydrogen-bond acceptors (Lipinski definition) is 5. The molecule has 3 aromatic rings. The second-order valence-electron chi connectivity index (χ2n) is 7.73. The molecule has 5 nitrogen and oxygen atoms in total. The molecule has 0 aromatic heterocycles. The second kappa shape index (κ2) is 10.9. The Morgan fingerprint density at radius 3 is 2.29 bits per heavy atom. The zero-order valence-corrected chi connectivity index (χ0v) is 19.7. The summed E-state index contributed by atoms with van der Waals surface area (Å²) in [6.45, 7) is 4.51. The molecule has 0 saturated carbocycles. The Hall–Kier alpha value is -3.77. The van der Waals surface area contributed by atoms with E-state index in [-0.39, 0.29) is 17.7 Å². The van der Waals surface area contributed by atoms with Crippen LogP contribution in [0.1, 0.15) is 22.3 Å². The van der Waals surface area contributed by atoms with Crippen molar-refractivity contribution in [2.45, 2.75) is 19.6 Å². The van der Waals surface area contributed by atoms with Crippen LogP contribution in [0.4, 0.5) is 4.79 Å². The molecule has 1 heterocycles. The van der Waals surface area contributed by atoms with Crippen LogP contribution in [0.3, 0.4) is 0 Å². The largest absolute Gasteiger partial charge is 0.493 e. The molecule has 0 atom stereocenters. The summed E-state index contributed by atoms with van der Waals surface area (Å²) in [5.74, 6) is 0.901.